The van der Waals surface area contributed by atoms with Gasteiger partial charge in [0.2, 0.25) is 5.65 Å². The second kappa shape index (κ2) is 2.17. The predicted octanol–water partition coefficient (Wildman–Crippen LogP) is 0.381. The van der Waals surface area contributed by atoms with E-state index in [0.717, 1.165) is 4.63 Å². The SMILES string of the molecule is [C-]#[N+]c1cnn2ncnc2c1O. The van der Waals surface area contributed by atoms with Crippen molar-refractivity contribution in [1.82, 2.24) is 19.8 Å². The summed E-state index contributed by atoms with van der Waals surface area (Å²) in [5.41, 5.74) is 0.277. The summed E-state index contributed by atoms with van der Waals surface area (Å²) in [5.74, 6) is -0.183. The zero-order valence-corrected chi connectivity index (χ0v) is 5.84. The van der Waals surface area contributed by atoms with Gasteiger partial charge in [-0.2, -0.15) is 5.10 Å². The van der Waals surface area contributed by atoms with Crippen molar-refractivity contribution in [3.8, 4) is 5.75 Å². The first-order chi connectivity index (χ1) is 5.83. The molecule has 0 spiro atoms. The fourth-order valence-corrected chi connectivity index (χ4v) is 0.843. The van der Waals surface area contributed by atoms with Gasteiger partial charge in [-0.25, -0.2) is 9.83 Å². The number of aromatic nitrogens is 4. The van der Waals surface area contributed by atoms with Gasteiger partial charge in [0.05, 0.1) is 12.8 Å². The molecule has 0 aromatic carbocycles. The van der Waals surface area contributed by atoms with Gasteiger partial charge in [0, 0.05) is 0 Å². The molecule has 0 aliphatic rings. The Balaban J connectivity index is 2.89. The minimum Gasteiger partial charge on any atom is -0.515 e. The monoisotopic (exact) mass is 161 g/mol. The van der Waals surface area contributed by atoms with Crippen molar-refractivity contribution in [2.75, 3.05) is 0 Å². The average Bonchev–Trinajstić information content (AvgIpc) is 2.53. The van der Waals surface area contributed by atoms with Crippen molar-refractivity contribution in [2.45, 2.75) is 0 Å². The van der Waals surface area contributed by atoms with E-state index in [2.05, 4.69) is 20.0 Å². The molecule has 0 aliphatic heterocycles. The quantitative estimate of drug-likeness (QED) is 0.567. The lowest BCUT2D eigenvalue weighted by Gasteiger charge is -1.94. The highest BCUT2D eigenvalue weighted by atomic mass is 16.3. The van der Waals surface area contributed by atoms with Crippen LogP contribution in [0.15, 0.2) is 12.5 Å². The predicted molar refractivity (Wildman–Crippen MR) is 38.7 cm³/mol. The van der Waals surface area contributed by atoms with E-state index >= 15 is 0 Å². The smallest absolute Gasteiger partial charge is 0.251 e. The molecule has 12 heavy (non-hydrogen) atoms. The van der Waals surface area contributed by atoms with Crippen molar-refractivity contribution < 1.29 is 5.11 Å². The van der Waals surface area contributed by atoms with Gasteiger partial charge in [0.1, 0.15) is 6.33 Å². The highest BCUT2D eigenvalue weighted by Gasteiger charge is 2.08. The Bertz CT molecular complexity index is 468. The number of rotatable bonds is 0. The van der Waals surface area contributed by atoms with Gasteiger partial charge in [-0.3, -0.25) is 0 Å². The first-order valence-electron chi connectivity index (χ1n) is 3.08. The summed E-state index contributed by atoms with van der Waals surface area (Å²) in [5, 5.41) is 16.8. The molecule has 0 radical (unpaired) electrons. The summed E-state index contributed by atoms with van der Waals surface area (Å²) >= 11 is 0. The van der Waals surface area contributed by atoms with Crippen LogP contribution in [-0.4, -0.2) is 24.9 Å². The third kappa shape index (κ3) is 0.703. The molecule has 2 aromatic heterocycles. The van der Waals surface area contributed by atoms with Gasteiger partial charge >= 0.3 is 0 Å². The first kappa shape index (κ1) is 6.54. The lowest BCUT2D eigenvalue weighted by Crippen LogP contribution is -1.91. The molecule has 2 rings (SSSR count). The average molecular weight is 161 g/mol. The molecular weight excluding hydrogens is 158 g/mol. The maximum Gasteiger partial charge on any atom is 0.251 e. The van der Waals surface area contributed by atoms with Crippen molar-refractivity contribution in [1.29, 1.82) is 0 Å². The van der Waals surface area contributed by atoms with E-state index < -0.39 is 0 Å². The third-order valence-corrected chi connectivity index (χ3v) is 1.39. The summed E-state index contributed by atoms with van der Waals surface area (Å²) < 4.78 is 1.16. The van der Waals surface area contributed by atoms with Crippen molar-refractivity contribution >= 4 is 11.3 Å². The molecule has 0 saturated heterocycles. The summed E-state index contributed by atoms with van der Waals surface area (Å²) in [4.78, 5) is 6.78. The normalized spacial score (nSPS) is 9.92. The Morgan fingerprint density at radius 2 is 2.33 bits per heavy atom. The molecular formula is C6H3N5O. The standard InChI is InChI=1S/C6H3N5O/c1-7-4-2-9-11-6(5(4)12)8-3-10-11/h2-3,12H. The van der Waals surface area contributed by atoms with Crippen LogP contribution in [0.2, 0.25) is 0 Å². The lowest BCUT2D eigenvalue weighted by molar-refractivity contribution is 0.477. The van der Waals surface area contributed by atoms with E-state index in [-0.39, 0.29) is 17.1 Å². The van der Waals surface area contributed by atoms with Crippen LogP contribution >= 0.6 is 0 Å². The molecule has 0 aliphatic carbocycles. The van der Waals surface area contributed by atoms with Gasteiger partial charge in [0.15, 0.2) is 5.75 Å². The largest absolute Gasteiger partial charge is 0.515 e. The Morgan fingerprint density at radius 3 is 3.08 bits per heavy atom. The molecule has 0 amide bonds. The van der Waals surface area contributed by atoms with Crippen molar-refractivity contribution in [2.24, 2.45) is 0 Å². The van der Waals surface area contributed by atoms with Crippen LogP contribution in [0.1, 0.15) is 0 Å². The number of fused-ring (bicyclic) bond motifs is 1. The molecule has 0 bridgehead atoms. The van der Waals surface area contributed by atoms with Crippen LogP contribution < -0.4 is 0 Å². The topological polar surface area (TPSA) is 67.7 Å². The Labute approximate surface area is 66.9 Å². The van der Waals surface area contributed by atoms with E-state index in [1.54, 1.807) is 0 Å². The van der Waals surface area contributed by atoms with E-state index in [0.29, 0.717) is 0 Å². The first-order valence-corrected chi connectivity index (χ1v) is 3.08. The molecule has 58 valence electrons. The summed E-state index contributed by atoms with van der Waals surface area (Å²) in [6.45, 7) is 6.68. The fourth-order valence-electron chi connectivity index (χ4n) is 0.843. The van der Waals surface area contributed by atoms with Gasteiger partial charge in [-0.15, -0.1) is 9.73 Å². The molecule has 0 atom stereocenters. The molecule has 6 heteroatoms. The Morgan fingerprint density at radius 1 is 1.50 bits per heavy atom. The van der Waals surface area contributed by atoms with E-state index in [4.69, 9.17) is 6.57 Å². The van der Waals surface area contributed by atoms with Crippen molar-refractivity contribution in [3.63, 3.8) is 0 Å². The number of nitrogens with zero attached hydrogens (tertiary/aromatic N) is 5. The zero-order chi connectivity index (χ0) is 8.55. The highest BCUT2D eigenvalue weighted by molar-refractivity contribution is 5.67. The number of aromatic hydroxyl groups is 1. The Hall–Kier alpha value is -2.16. The maximum absolute atomic E-state index is 9.36. The molecule has 1 N–H and O–H groups in total. The molecule has 0 fully saturated rings. The molecule has 2 aromatic rings. The van der Waals surface area contributed by atoms with Gasteiger partial charge in [-0.05, 0) is 0 Å². The molecule has 2 heterocycles. The number of hydrogen-bond donors (Lipinski definition) is 1. The number of hydrogen-bond acceptors (Lipinski definition) is 4. The van der Waals surface area contributed by atoms with Gasteiger partial charge in [-0.1, -0.05) is 0 Å². The minimum atomic E-state index is -0.183. The summed E-state index contributed by atoms with van der Waals surface area (Å²) in [7, 11) is 0. The maximum atomic E-state index is 9.36. The summed E-state index contributed by atoms with van der Waals surface area (Å²) in [6, 6.07) is 0. The molecule has 0 unspecified atom stereocenters. The van der Waals surface area contributed by atoms with E-state index in [1.165, 1.54) is 12.5 Å². The van der Waals surface area contributed by atoms with Crippen LogP contribution in [0.3, 0.4) is 0 Å². The minimum absolute atomic E-state index is 0.0792. The molecule has 0 saturated carbocycles. The van der Waals surface area contributed by atoms with Gasteiger partial charge < -0.3 is 5.11 Å². The molecule has 6 nitrogen and oxygen atoms in total. The van der Waals surface area contributed by atoms with Crippen LogP contribution in [0.5, 0.6) is 5.75 Å². The van der Waals surface area contributed by atoms with Gasteiger partial charge in [0.25, 0.3) is 5.69 Å². The highest BCUT2D eigenvalue weighted by Crippen LogP contribution is 2.27. The lowest BCUT2D eigenvalue weighted by atomic mass is 10.4. The van der Waals surface area contributed by atoms with E-state index in [9.17, 15) is 5.11 Å². The third-order valence-electron chi connectivity index (χ3n) is 1.39. The van der Waals surface area contributed by atoms with Crippen LogP contribution in [0, 0.1) is 6.57 Å². The summed E-state index contributed by atoms with van der Waals surface area (Å²) in [6.07, 6.45) is 2.50. The van der Waals surface area contributed by atoms with Crippen LogP contribution in [0.25, 0.3) is 10.5 Å². The Kier molecular flexibility index (Phi) is 1.18. The second-order valence-electron chi connectivity index (χ2n) is 2.06. The van der Waals surface area contributed by atoms with E-state index in [1.807, 2.05) is 0 Å². The second-order valence-corrected chi connectivity index (χ2v) is 2.06. The van der Waals surface area contributed by atoms with Crippen LogP contribution in [0.4, 0.5) is 5.69 Å². The zero-order valence-electron chi connectivity index (χ0n) is 5.84. The van der Waals surface area contributed by atoms with Crippen LogP contribution in [-0.2, 0) is 0 Å². The van der Waals surface area contributed by atoms with Crippen molar-refractivity contribution in [3.05, 3.63) is 23.9 Å². The fraction of sp³-hybridized carbons (Fsp3) is 0.